The van der Waals surface area contributed by atoms with Crippen molar-refractivity contribution in [2.24, 2.45) is 0 Å². The summed E-state index contributed by atoms with van der Waals surface area (Å²) in [5.74, 6) is -0.909. The Kier molecular flexibility index (Phi) is 16.0. The minimum Gasteiger partial charge on any atom is -0.466 e. The molecule has 260 valence electrons. The van der Waals surface area contributed by atoms with Crippen LogP contribution in [0.15, 0.2) is 118 Å². The van der Waals surface area contributed by atoms with Gasteiger partial charge in [-0.1, -0.05) is 63.9 Å². The number of hydrogen-bond donors (Lipinski definition) is 2. The highest BCUT2D eigenvalue weighted by molar-refractivity contribution is 9.10. The molecule has 15 heteroatoms. The number of sulfonamides is 2. The van der Waals surface area contributed by atoms with Crippen LogP contribution >= 0.6 is 39.1 Å². The maximum absolute atomic E-state index is 12.5. The molecule has 0 aromatic heterocycles. The van der Waals surface area contributed by atoms with Gasteiger partial charge in [-0.25, -0.2) is 26.4 Å². The molecule has 0 saturated carbocycles. The zero-order chi connectivity index (χ0) is 36.8. The van der Waals surface area contributed by atoms with Gasteiger partial charge in [-0.3, -0.25) is 9.44 Å². The van der Waals surface area contributed by atoms with E-state index in [1.165, 1.54) is 44.6 Å². The number of aryl methyl sites for hydroxylation is 2. The Labute approximate surface area is 305 Å². The smallest absolute Gasteiger partial charge is 0.330 e. The second-order valence-corrected chi connectivity index (χ2v) is 14.8. The number of rotatable bonds is 9. The number of methoxy groups -OCH3 is 2. The van der Waals surface area contributed by atoms with Gasteiger partial charge in [0.1, 0.15) is 0 Å². The zero-order valence-electron chi connectivity index (χ0n) is 26.7. The Morgan fingerprint density at radius 1 is 0.714 bits per heavy atom. The fourth-order valence-corrected chi connectivity index (χ4v) is 6.56. The summed E-state index contributed by atoms with van der Waals surface area (Å²) < 4.78 is 63.7. The SMILES string of the molecule is C=CC(=O)OC.COC(=O)/C=C/c1cccc(S(=O)(=O)Nc2ccc(Cl)c(C)c2)c1.Cc1cc(NS(=O)(=O)c2cccc(Br)c2)ccc1Cl. The van der Waals surface area contributed by atoms with Gasteiger partial charge < -0.3 is 9.47 Å². The highest BCUT2D eigenvalue weighted by Gasteiger charge is 2.16. The van der Waals surface area contributed by atoms with Gasteiger partial charge in [-0.05, 0) is 103 Å². The molecule has 0 atom stereocenters. The number of halogens is 3. The molecule has 0 radical (unpaired) electrons. The van der Waals surface area contributed by atoms with Crippen molar-refractivity contribution in [3.05, 3.63) is 135 Å². The Hall–Kier alpha value is -4.14. The van der Waals surface area contributed by atoms with E-state index in [-0.39, 0.29) is 9.79 Å². The molecule has 0 aliphatic rings. The van der Waals surface area contributed by atoms with E-state index in [0.717, 1.165) is 17.2 Å². The van der Waals surface area contributed by atoms with Crippen molar-refractivity contribution in [1.29, 1.82) is 0 Å². The Bertz CT molecular complexity index is 2050. The first-order chi connectivity index (χ1) is 23.0. The number of benzene rings is 4. The van der Waals surface area contributed by atoms with Crippen LogP contribution in [0.25, 0.3) is 6.08 Å². The van der Waals surface area contributed by atoms with Crippen molar-refractivity contribution in [3.63, 3.8) is 0 Å². The normalized spacial score (nSPS) is 10.8. The lowest BCUT2D eigenvalue weighted by Gasteiger charge is -2.10. The number of hydrogen-bond acceptors (Lipinski definition) is 8. The number of ether oxygens (including phenoxy) is 2. The summed E-state index contributed by atoms with van der Waals surface area (Å²) in [5.41, 5.74) is 3.06. The van der Waals surface area contributed by atoms with E-state index >= 15 is 0 Å². The third kappa shape index (κ3) is 13.7. The number of carbonyl (C=O) groups is 2. The molecule has 0 spiro atoms. The van der Waals surface area contributed by atoms with Crippen LogP contribution in [0.1, 0.15) is 16.7 Å². The van der Waals surface area contributed by atoms with Crippen LogP contribution in [-0.4, -0.2) is 43.0 Å². The summed E-state index contributed by atoms with van der Waals surface area (Å²) >= 11 is 15.1. The first-order valence-electron chi connectivity index (χ1n) is 13.9. The van der Waals surface area contributed by atoms with Crippen LogP contribution in [-0.2, 0) is 39.1 Å². The molecule has 49 heavy (non-hydrogen) atoms. The van der Waals surface area contributed by atoms with Crippen LogP contribution in [0.2, 0.25) is 10.0 Å². The summed E-state index contributed by atoms with van der Waals surface area (Å²) in [6, 6.07) is 22.6. The summed E-state index contributed by atoms with van der Waals surface area (Å²) in [7, 11) is -4.76. The maximum Gasteiger partial charge on any atom is 0.330 e. The van der Waals surface area contributed by atoms with Gasteiger partial charge in [0.2, 0.25) is 0 Å². The molecule has 0 bridgehead atoms. The van der Waals surface area contributed by atoms with Gasteiger partial charge in [0, 0.05) is 38.0 Å². The van der Waals surface area contributed by atoms with E-state index in [9.17, 15) is 26.4 Å². The van der Waals surface area contributed by atoms with Gasteiger partial charge >= 0.3 is 11.9 Å². The first kappa shape index (κ1) is 41.0. The molecular weight excluding hydrogens is 779 g/mol. The van der Waals surface area contributed by atoms with Crippen molar-refractivity contribution in [2.75, 3.05) is 23.7 Å². The standard InChI is InChI=1S/C17H16ClNO4S.C13H11BrClNO2S.C4H6O2/c1-12-10-14(7-8-16(12)18)19-24(21,22)15-5-3-4-13(11-15)6-9-17(20)23-2;1-9-7-11(5-6-13(9)15)16-19(17,18)12-4-2-3-10(14)8-12;1-3-4(5)6-2/h3-11,19H,1-2H3;2-8,16H,1H3;3H,1H2,2H3/b9-6+;;. The highest BCUT2D eigenvalue weighted by Crippen LogP contribution is 2.24. The number of carbonyl (C=O) groups excluding carboxylic acids is 2. The minimum absolute atomic E-state index is 0.0853. The lowest BCUT2D eigenvalue weighted by Crippen LogP contribution is -2.13. The van der Waals surface area contributed by atoms with Crippen LogP contribution in [0.4, 0.5) is 11.4 Å². The Morgan fingerprint density at radius 2 is 1.18 bits per heavy atom. The lowest BCUT2D eigenvalue weighted by molar-refractivity contribution is -0.135. The minimum atomic E-state index is -3.75. The molecule has 10 nitrogen and oxygen atoms in total. The van der Waals surface area contributed by atoms with Gasteiger partial charge in [0.25, 0.3) is 20.0 Å². The van der Waals surface area contributed by atoms with E-state index in [0.29, 0.717) is 31.5 Å². The number of esters is 2. The van der Waals surface area contributed by atoms with E-state index in [1.54, 1.807) is 73.7 Å². The van der Waals surface area contributed by atoms with Crippen molar-refractivity contribution in [3.8, 4) is 0 Å². The van der Waals surface area contributed by atoms with E-state index in [2.05, 4.69) is 41.4 Å². The van der Waals surface area contributed by atoms with E-state index < -0.39 is 32.0 Å². The van der Waals surface area contributed by atoms with Crippen LogP contribution < -0.4 is 9.44 Å². The van der Waals surface area contributed by atoms with Gasteiger partial charge in [-0.2, -0.15) is 0 Å². The van der Waals surface area contributed by atoms with Crippen molar-refractivity contribution < 1.29 is 35.9 Å². The summed E-state index contributed by atoms with van der Waals surface area (Å²) in [6.45, 7) is 6.77. The third-order valence-electron chi connectivity index (χ3n) is 6.08. The quantitative estimate of drug-likeness (QED) is 0.127. The second kappa shape index (κ2) is 19.2. The van der Waals surface area contributed by atoms with Gasteiger partial charge in [0.05, 0.1) is 24.0 Å². The fourth-order valence-electron chi connectivity index (χ4n) is 3.58. The van der Waals surface area contributed by atoms with Crippen molar-refractivity contribution in [1.82, 2.24) is 0 Å². The predicted octanol–water partition coefficient (Wildman–Crippen LogP) is 8.19. The largest absolute Gasteiger partial charge is 0.466 e. The molecule has 2 N–H and O–H groups in total. The van der Waals surface area contributed by atoms with Gasteiger partial charge in [-0.15, -0.1) is 0 Å². The molecular formula is C34H33BrCl2N2O8S2. The third-order valence-corrected chi connectivity index (χ3v) is 10.2. The number of nitrogens with one attached hydrogen (secondary N) is 2. The molecule has 4 rings (SSSR count). The van der Waals surface area contributed by atoms with Crippen molar-refractivity contribution >= 4 is 88.6 Å². The fraction of sp³-hybridized carbons (Fsp3) is 0.118. The van der Waals surface area contributed by atoms with Crippen LogP contribution in [0.3, 0.4) is 0 Å². The predicted molar refractivity (Wildman–Crippen MR) is 198 cm³/mol. The molecule has 4 aromatic rings. The molecule has 0 aliphatic carbocycles. The average molecular weight is 813 g/mol. The molecule has 0 unspecified atom stereocenters. The molecule has 0 heterocycles. The average Bonchev–Trinajstić information content (AvgIpc) is 3.07. The van der Waals surface area contributed by atoms with Crippen LogP contribution in [0, 0.1) is 13.8 Å². The topological polar surface area (TPSA) is 145 Å². The monoisotopic (exact) mass is 810 g/mol. The van der Waals surface area contributed by atoms with Crippen molar-refractivity contribution in [2.45, 2.75) is 23.6 Å². The van der Waals surface area contributed by atoms with Crippen LogP contribution in [0.5, 0.6) is 0 Å². The first-order valence-corrected chi connectivity index (χ1v) is 18.4. The van der Waals surface area contributed by atoms with Gasteiger partial charge in [0.15, 0.2) is 0 Å². The van der Waals surface area contributed by atoms with E-state index in [4.69, 9.17) is 23.2 Å². The lowest BCUT2D eigenvalue weighted by atomic mass is 10.2. The second-order valence-electron chi connectivity index (χ2n) is 9.75. The van der Waals surface area contributed by atoms with E-state index in [1.807, 2.05) is 6.92 Å². The molecule has 0 aliphatic heterocycles. The highest BCUT2D eigenvalue weighted by atomic mass is 79.9. The summed E-state index contributed by atoms with van der Waals surface area (Å²) in [5, 5.41) is 1.17. The zero-order valence-corrected chi connectivity index (χ0v) is 31.5. The Morgan fingerprint density at radius 3 is 1.59 bits per heavy atom. The number of anilines is 2. The Balaban J connectivity index is 0.000000297. The molecule has 0 amide bonds. The molecule has 4 aromatic carbocycles. The molecule has 0 fully saturated rings. The molecule has 0 saturated heterocycles. The summed E-state index contributed by atoms with van der Waals surface area (Å²) in [6.07, 6.45) is 3.82. The summed E-state index contributed by atoms with van der Waals surface area (Å²) in [4.78, 5) is 21.2. The maximum atomic E-state index is 12.5.